The Hall–Kier alpha value is -2.29. The molecule has 0 saturated carbocycles. The summed E-state index contributed by atoms with van der Waals surface area (Å²) < 4.78 is 6.86. The quantitative estimate of drug-likeness (QED) is 0.716. The summed E-state index contributed by atoms with van der Waals surface area (Å²) in [5.41, 5.74) is 1.08. The molecule has 1 aliphatic rings. The highest BCUT2D eigenvalue weighted by Crippen LogP contribution is 2.17. The first-order valence-corrected chi connectivity index (χ1v) is 7.79. The number of aliphatic hydroxyl groups excluding tert-OH is 2. The molecular formula is C16H20N4O4. The Bertz CT molecular complexity index is 703. The number of aromatic nitrogens is 3. The summed E-state index contributed by atoms with van der Waals surface area (Å²) in [6, 6.07) is 4.98. The van der Waals surface area contributed by atoms with E-state index < -0.39 is 18.2 Å². The van der Waals surface area contributed by atoms with Gasteiger partial charge in [0.05, 0.1) is 30.1 Å². The van der Waals surface area contributed by atoms with E-state index in [1.165, 1.54) is 6.20 Å². The Morgan fingerprint density at radius 2 is 2.33 bits per heavy atom. The van der Waals surface area contributed by atoms with Crippen LogP contribution >= 0.6 is 0 Å². The highest BCUT2D eigenvalue weighted by Gasteiger charge is 2.33. The summed E-state index contributed by atoms with van der Waals surface area (Å²) in [5.74, 6) is 0.304. The van der Waals surface area contributed by atoms with E-state index in [0.29, 0.717) is 30.1 Å². The number of hydrogen-bond acceptors (Lipinski definition) is 6. The van der Waals surface area contributed by atoms with Gasteiger partial charge in [-0.15, -0.1) is 0 Å². The molecule has 24 heavy (non-hydrogen) atoms. The molecule has 2 aromatic heterocycles. The minimum Gasteiger partial charge on any atom is -0.394 e. The van der Waals surface area contributed by atoms with Gasteiger partial charge in [-0.1, -0.05) is 6.07 Å². The van der Waals surface area contributed by atoms with Gasteiger partial charge in [0.25, 0.3) is 5.91 Å². The van der Waals surface area contributed by atoms with Gasteiger partial charge < -0.3 is 20.3 Å². The minimum absolute atomic E-state index is 0.288. The molecule has 128 valence electrons. The SMILES string of the molecule is Cc1c(C(=O)N[C@H]2CCO[C@H](CO)[C@H]2O)cnn1-c1ccccn1. The summed E-state index contributed by atoms with van der Waals surface area (Å²) in [7, 11) is 0. The average molecular weight is 332 g/mol. The van der Waals surface area contributed by atoms with E-state index in [0.717, 1.165) is 0 Å². The lowest BCUT2D eigenvalue weighted by Crippen LogP contribution is -2.54. The van der Waals surface area contributed by atoms with E-state index in [1.807, 2.05) is 6.07 Å². The van der Waals surface area contributed by atoms with Gasteiger partial charge >= 0.3 is 0 Å². The van der Waals surface area contributed by atoms with Crippen molar-refractivity contribution >= 4 is 5.91 Å². The lowest BCUT2D eigenvalue weighted by molar-refractivity contribution is -0.107. The number of nitrogens with zero attached hydrogens (tertiary/aromatic N) is 3. The zero-order valence-electron chi connectivity index (χ0n) is 13.3. The third-order valence-electron chi connectivity index (χ3n) is 4.17. The van der Waals surface area contributed by atoms with E-state index in [-0.39, 0.29) is 12.5 Å². The molecule has 1 saturated heterocycles. The van der Waals surface area contributed by atoms with Crippen LogP contribution in [-0.4, -0.2) is 62.3 Å². The van der Waals surface area contributed by atoms with Gasteiger partial charge in [0.15, 0.2) is 5.82 Å². The normalized spacial score (nSPS) is 23.9. The van der Waals surface area contributed by atoms with Gasteiger partial charge in [-0.05, 0) is 25.5 Å². The Balaban J connectivity index is 1.75. The number of carbonyl (C=O) groups is 1. The second-order valence-corrected chi connectivity index (χ2v) is 5.69. The van der Waals surface area contributed by atoms with Crippen molar-refractivity contribution in [2.75, 3.05) is 13.2 Å². The molecule has 8 heteroatoms. The van der Waals surface area contributed by atoms with Crippen LogP contribution in [-0.2, 0) is 4.74 Å². The maximum atomic E-state index is 12.5. The first-order chi connectivity index (χ1) is 11.6. The summed E-state index contributed by atoms with van der Waals surface area (Å²) in [5, 5.41) is 26.3. The van der Waals surface area contributed by atoms with Crippen LogP contribution in [0.25, 0.3) is 5.82 Å². The molecule has 0 aliphatic carbocycles. The third-order valence-corrected chi connectivity index (χ3v) is 4.17. The molecular weight excluding hydrogens is 312 g/mol. The van der Waals surface area contributed by atoms with Crippen LogP contribution in [0.3, 0.4) is 0 Å². The lowest BCUT2D eigenvalue weighted by Gasteiger charge is -2.34. The number of rotatable bonds is 4. The summed E-state index contributed by atoms with van der Waals surface area (Å²) in [6.45, 7) is 1.87. The number of hydrogen-bond donors (Lipinski definition) is 3. The number of nitrogens with one attached hydrogen (secondary N) is 1. The first kappa shape index (κ1) is 16.6. The first-order valence-electron chi connectivity index (χ1n) is 7.79. The van der Waals surface area contributed by atoms with Crippen molar-refractivity contribution in [3.05, 3.63) is 41.9 Å². The molecule has 1 aliphatic heterocycles. The van der Waals surface area contributed by atoms with Gasteiger partial charge in [-0.3, -0.25) is 4.79 Å². The van der Waals surface area contributed by atoms with Crippen molar-refractivity contribution in [1.82, 2.24) is 20.1 Å². The lowest BCUT2D eigenvalue weighted by atomic mass is 9.99. The molecule has 3 heterocycles. The molecule has 1 amide bonds. The monoisotopic (exact) mass is 332 g/mol. The number of amides is 1. The number of ether oxygens (including phenoxy) is 1. The Kier molecular flexibility index (Phi) is 4.89. The van der Waals surface area contributed by atoms with Gasteiger partial charge in [0, 0.05) is 12.8 Å². The fourth-order valence-corrected chi connectivity index (χ4v) is 2.78. The largest absolute Gasteiger partial charge is 0.394 e. The zero-order chi connectivity index (χ0) is 17.1. The van der Waals surface area contributed by atoms with Crippen LogP contribution in [0, 0.1) is 6.92 Å². The molecule has 2 aromatic rings. The van der Waals surface area contributed by atoms with Crippen LogP contribution in [0.1, 0.15) is 22.5 Å². The molecule has 0 radical (unpaired) electrons. The summed E-state index contributed by atoms with van der Waals surface area (Å²) in [6.07, 6.45) is 2.00. The molecule has 8 nitrogen and oxygen atoms in total. The third kappa shape index (κ3) is 3.16. The molecule has 3 rings (SSSR count). The number of carbonyl (C=O) groups excluding carboxylic acids is 1. The van der Waals surface area contributed by atoms with Crippen molar-refractivity contribution in [3.8, 4) is 5.82 Å². The van der Waals surface area contributed by atoms with Crippen LogP contribution < -0.4 is 5.32 Å². The zero-order valence-corrected chi connectivity index (χ0v) is 13.3. The molecule has 0 bridgehead atoms. The topological polar surface area (TPSA) is 110 Å². The Labute approximate surface area is 139 Å². The van der Waals surface area contributed by atoms with E-state index >= 15 is 0 Å². The van der Waals surface area contributed by atoms with E-state index in [2.05, 4.69) is 15.4 Å². The molecule has 3 N–H and O–H groups in total. The number of pyridine rings is 1. The highest BCUT2D eigenvalue weighted by molar-refractivity contribution is 5.95. The second kappa shape index (κ2) is 7.08. The summed E-state index contributed by atoms with van der Waals surface area (Å²) in [4.78, 5) is 16.7. The van der Waals surface area contributed by atoms with Crippen molar-refractivity contribution < 1.29 is 19.7 Å². The molecule has 0 unspecified atom stereocenters. The van der Waals surface area contributed by atoms with E-state index in [9.17, 15) is 15.0 Å². The minimum atomic E-state index is -0.946. The molecule has 0 aromatic carbocycles. The maximum absolute atomic E-state index is 12.5. The van der Waals surface area contributed by atoms with E-state index in [4.69, 9.17) is 4.74 Å². The van der Waals surface area contributed by atoms with Crippen molar-refractivity contribution in [2.24, 2.45) is 0 Å². The van der Waals surface area contributed by atoms with Crippen molar-refractivity contribution in [3.63, 3.8) is 0 Å². The van der Waals surface area contributed by atoms with Crippen LogP contribution in [0.4, 0.5) is 0 Å². The molecule has 1 fully saturated rings. The van der Waals surface area contributed by atoms with Crippen molar-refractivity contribution in [2.45, 2.75) is 31.6 Å². The van der Waals surface area contributed by atoms with Crippen LogP contribution in [0.2, 0.25) is 0 Å². The van der Waals surface area contributed by atoms with Crippen molar-refractivity contribution in [1.29, 1.82) is 0 Å². The highest BCUT2D eigenvalue weighted by atomic mass is 16.5. The van der Waals surface area contributed by atoms with Gasteiger partial charge in [-0.25, -0.2) is 9.67 Å². The van der Waals surface area contributed by atoms with E-state index in [1.54, 1.807) is 29.9 Å². The fraction of sp³-hybridized carbons (Fsp3) is 0.438. The standard InChI is InChI=1S/C16H20N4O4/c1-10-11(8-18-20(10)14-4-2-3-6-17-14)16(23)19-12-5-7-24-13(9-21)15(12)22/h2-4,6,8,12-13,15,21-22H,5,7,9H2,1H3,(H,19,23)/t12-,13+,15-/m0/s1. The summed E-state index contributed by atoms with van der Waals surface area (Å²) >= 11 is 0. The van der Waals surface area contributed by atoms with Crippen LogP contribution in [0.5, 0.6) is 0 Å². The smallest absolute Gasteiger partial charge is 0.255 e. The molecule has 3 atom stereocenters. The predicted octanol–water partition coefficient (Wildman–Crippen LogP) is -0.184. The maximum Gasteiger partial charge on any atom is 0.255 e. The predicted molar refractivity (Wildman–Crippen MR) is 84.8 cm³/mol. The Morgan fingerprint density at radius 3 is 3.04 bits per heavy atom. The van der Waals surface area contributed by atoms with Gasteiger partial charge in [0.1, 0.15) is 12.2 Å². The van der Waals surface area contributed by atoms with Gasteiger partial charge in [0.2, 0.25) is 0 Å². The molecule has 0 spiro atoms. The van der Waals surface area contributed by atoms with Gasteiger partial charge in [-0.2, -0.15) is 5.10 Å². The average Bonchev–Trinajstić information content (AvgIpc) is 2.99. The fourth-order valence-electron chi connectivity index (χ4n) is 2.78. The Morgan fingerprint density at radius 1 is 1.50 bits per heavy atom. The van der Waals surface area contributed by atoms with Crippen LogP contribution in [0.15, 0.2) is 30.6 Å². The number of aliphatic hydroxyl groups is 2. The second-order valence-electron chi connectivity index (χ2n) is 5.69.